The number of hydrogen-bond donors (Lipinski definition) is 0. The number of amides is 3. The van der Waals surface area contributed by atoms with Crippen LogP contribution in [0.4, 0.5) is 15.4 Å². The van der Waals surface area contributed by atoms with Gasteiger partial charge in [0, 0.05) is 79.5 Å². The lowest BCUT2D eigenvalue weighted by atomic mass is 9.90. The third-order valence-corrected chi connectivity index (χ3v) is 10.7. The number of likely N-dealkylation sites (tertiary alicyclic amines) is 1. The molecule has 7 atom stereocenters. The molecule has 0 aliphatic carbocycles. The average molecular weight is 850 g/mol. The van der Waals surface area contributed by atoms with Crippen molar-refractivity contribution in [3.05, 3.63) is 54.0 Å². The molecule has 0 radical (unpaired) electrons. The molecule has 0 bridgehead atoms. The third kappa shape index (κ3) is 10.6. The largest absolute Gasteiger partial charge is 0.467 e. The van der Waals surface area contributed by atoms with Crippen molar-refractivity contribution in [2.45, 2.75) is 71.4 Å². The number of anilines is 1. The van der Waals surface area contributed by atoms with Crippen LogP contribution in [0.1, 0.15) is 39.8 Å². The molecule has 0 N–H and O–H groups in total. The first-order chi connectivity index (χ1) is 29.1. The predicted molar refractivity (Wildman–Crippen MR) is 214 cm³/mol. The van der Waals surface area contributed by atoms with Crippen molar-refractivity contribution in [3.63, 3.8) is 0 Å². The molecule has 2 aliphatic rings. The maximum absolute atomic E-state index is 13.7. The zero-order chi connectivity index (χ0) is 44.5. The van der Waals surface area contributed by atoms with Crippen molar-refractivity contribution in [2.24, 2.45) is 11.8 Å². The highest BCUT2D eigenvalue weighted by Crippen LogP contribution is 2.34. The van der Waals surface area contributed by atoms with Gasteiger partial charge in [0.25, 0.3) is 6.54 Å². The highest BCUT2D eigenvalue weighted by atomic mass is 16.7. The molecule has 21 heteroatoms. The molecule has 3 aromatic rings. The summed E-state index contributed by atoms with van der Waals surface area (Å²) in [5.41, 5.74) is 0.531. The van der Waals surface area contributed by atoms with Gasteiger partial charge in [0.2, 0.25) is 12.4 Å². The second-order valence-corrected chi connectivity index (χ2v) is 14.9. The van der Waals surface area contributed by atoms with Crippen LogP contribution in [-0.4, -0.2) is 162 Å². The minimum absolute atomic E-state index is 0.0595. The highest BCUT2D eigenvalue weighted by Gasteiger charge is 2.52. The van der Waals surface area contributed by atoms with E-state index in [0.29, 0.717) is 29.9 Å². The van der Waals surface area contributed by atoms with Gasteiger partial charge in [-0.1, -0.05) is 13.8 Å². The first-order valence-corrected chi connectivity index (χ1v) is 19.5. The van der Waals surface area contributed by atoms with Gasteiger partial charge in [0.15, 0.2) is 17.9 Å². The number of pyridine rings is 1. The minimum Gasteiger partial charge on any atom is -0.467 e. The number of aromatic nitrogens is 4. The van der Waals surface area contributed by atoms with Crippen LogP contribution in [0.5, 0.6) is 5.75 Å². The van der Waals surface area contributed by atoms with E-state index in [9.17, 15) is 28.8 Å². The number of rotatable bonds is 13. The first kappa shape index (κ1) is 45.5. The fourth-order valence-corrected chi connectivity index (χ4v) is 7.29. The molecule has 3 amide bonds. The normalized spacial score (nSPS) is 22.3. The summed E-state index contributed by atoms with van der Waals surface area (Å²) in [4.78, 5) is 99.0. The van der Waals surface area contributed by atoms with Gasteiger partial charge >= 0.3 is 35.9 Å². The fourth-order valence-electron chi connectivity index (χ4n) is 7.29. The van der Waals surface area contributed by atoms with E-state index in [1.807, 2.05) is 11.9 Å². The average Bonchev–Trinajstić information content (AvgIpc) is 3.68. The molecule has 2 fully saturated rings. The van der Waals surface area contributed by atoms with E-state index in [2.05, 4.69) is 26.7 Å². The van der Waals surface area contributed by atoms with Crippen LogP contribution >= 0.6 is 0 Å². The Bertz CT molecular complexity index is 2140. The summed E-state index contributed by atoms with van der Waals surface area (Å²) in [5.74, 6) is -2.29. The van der Waals surface area contributed by atoms with E-state index in [1.54, 1.807) is 37.2 Å². The Kier molecular flexibility index (Phi) is 15.0. The summed E-state index contributed by atoms with van der Waals surface area (Å²) in [6.45, 7) is 13.8. The van der Waals surface area contributed by atoms with E-state index in [0.717, 1.165) is 13.3 Å². The van der Waals surface area contributed by atoms with E-state index >= 15 is 0 Å². The molecule has 2 aliphatic heterocycles. The summed E-state index contributed by atoms with van der Waals surface area (Å²) in [6, 6.07) is 4.32. The topological polar surface area (TPSA) is 219 Å². The molecule has 61 heavy (non-hydrogen) atoms. The monoisotopic (exact) mass is 849 g/mol. The number of fused-ring (bicyclic) bond motifs is 1. The zero-order valence-electron chi connectivity index (χ0n) is 35.4. The number of likely N-dealkylation sites (N-methyl/N-ethyl adjacent to an activating group) is 3. The van der Waals surface area contributed by atoms with Crippen LogP contribution < -0.4 is 9.64 Å². The van der Waals surface area contributed by atoms with Crippen molar-refractivity contribution in [3.8, 4) is 5.75 Å². The van der Waals surface area contributed by atoms with Crippen molar-refractivity contribution in [2.75, 3.05) is 65.9 Å². The Morgan fingerprint density at radius 3 is 2.36 bits per heavy atom. The lowest BCUT2D eigenvalue weighted by Gasteiger charge is -2.42. The second kappa shape index (κ2) is 20.1. The Hall–Kier alpha value is -6.56. The standard InChI is InChI=1S/C40H51N9O12/c1-23-12-15-48(31(52)19-41-5)20-29(23)47(8)35-27-13-16-49(36(27)44-22-43-35)39(54)45(6)17-18-46(7)40(55)57-21-28-30(11-10-14-42-28)60-38-34(59-26(4)51)32(58-25(3)50)24(2)33(61-38)37(53)56-9/h10-11,13-14,16,22-24,29,32-34,38H,12,15,17-21H2,1-4,6-9H3/t23-,24+,29+,32+,33+,34-,38-/m1/s1. The summed E-state index contributed by atoms with van der Waals surface area (Å²) in [7, 11) is 6.15. The number of carbonyl (C=O) groups is 6. The Balaban J connectivity index is 1.21. The first-order valence-electron chi connectivity index (χ1n) is 19.5. The van der Waals surface area contributed by atoms with Crippen molar-refractivity contribution in [1.29, 1.82) is 0 Å². The number of carbonyl (C=O) groups excluding carboxylic acids is 6. The molecule has 3 aromatic heterocycles. The zero-order valence-corrected chi connectivity index (χ0v) is 35.4. The SMILES string of the molecule is [C-]#[N+]CC(=O)N1CC[C@@H](C)[C@@H](N(C)c2ncnc3c2ccn3C(=O)N(C)CCN(C)C(=O)OCc2ncccc2O[C@@H]2O[C@H](C(=O)OC)[C@@H](C)[C@H](OC(C)=O)[C@H]2OC(C)=O)C1. The lowest BCUT2D eigenvalue weighted by Crippen LogP contribution is -2.60. The number of piperidine rings is 1. The number of esters is 3. The van der Waals surface area contributed by atoms with Gasteiger partial charge < -0.3 is 52.9 Å². The molecule has 0 aromatic carbocycles. The molecule has 328 valence electrons. The maximum atomic E-state index is 13.7. The van der Waals surface area contributed by atoms with Gasteiger partial charge in [-0.2, -0.15) is 0 Å². The van der Waals surface area contributed by atoms with Crippen LogP contribution in [0.3, 0.4) is 0 Å². The predicted octanol–water partition coefficient (Wildman–Crippen LogP) is 2.36. The summed E-state index contributed by atoms with van der Waals surface area (Å²) >= 11 is 0. The summed E-state index contributed by atoms with van der Waals surface area (Å²) in [5, 5.41) is 0.640. The van der Waals surface area contributed by atoms with Gasteiger partial charge in [-0.25, -0.2) is 30.9 Å². The molecule has 0 saturated carbocycles. The van der Waals surface area contributed by atoms with E-state index in [1.165, 1.54) is 54.0 Å². The molecular formula is C40H51N9O12. The Morgan fingerprint density at radius 2 is 1.67 bits per heavy atom. The minimum atomic E-state index is -1.47. The van der Waals surface area contributed by atoms with Gasteiger partial charge in [-0.15, -0.1) is 0 Å². The second-order valence-electron chi connectivity index (χ2n) is 14.9. The smallest absolute Gasteiger partial charge is 0.409 e. The van der Waals surface area contributed by atoms with Crippen LogP contribution in [0.25, 0.3) is 15.9 Å². The third-order valence-electron chi connectivity index (χ3n) is 10.7. The lowest BCUT2D eigenvalue weighted by molar-refractivity contribution is -0.266. The maximum Gasteiger partial charge on any atom is 0.409 e. The number of methoxy groups -OCH3 is 1. The number of hydrogen-bond acceptors (Lipinski definition) is 16. The molecule has 2 saturated heterocycles. The van der Waals surface area contributed by atoms with Crippen molar-refractivity contribution in [1.82, 2.24) is 34.2 Å². The molecule has 5 heterocycles. The van der Waals surface area contributed by atoms with E-state index < -0.39 is 60.6 Å². The highest BCUT2D eigenvalue weighted by molar-refractivity contribution is 5.95. The molecule has 0 spiro atoms. The number of ether oxygens (including phenoxy) is 6. The van der Waals surface area contributed by atoms with Crippen LogP contribution in [0, 0.1) is 18.4 Å². The van der Waals surface area contributed by atoms with Gasteiger partial charge in [0.1, 0.15) is 30.2 Å². The summed E-state index contributed by atoms with van der Waals surface area (Å²) in [6.07, 6.45) is -0.719. The molecule has 5 rings (SSSR count). The molecule has 0 unspecified atom stereocenters. The molecule has 21 nitrogen and oxygen atoms in total. The van der Waals surface area contributed by atoms with Crippen molar-refractivity contribution >= 4 is 52.8 Å². The quantitative estimate of drug-likeness (QED) is 0.137. The van der Waals surface area contributed by atoms with Crippen LogP contribution in [-0.2, 0) is 49.5 Å². The van der Waals surface area contributed by atoms with Gasteiger partial charge in [-0.05, 0) is 30.5 Å². The van der Waals surface area contributed by atoms with E-state index in [-0.39, 0.29) is 55.6 Å². The van der Waals surface area contributed by atoms with Crippen LogP contribution in [0.15, 0.2) is 36.9 Å². The molecular weight excluding hydrogens is 798 g/mol. The fraction of sp³-hybridized carbons (Fsp3) is 0.550. The van der Waals surface area contributed by atoms with Gasteiger partial charge in [-0.3, -0.25) is 23.9 Å². The van der Waals surface area contributed by atoms with E-state index in [4.69, 9.17) is 35.0 Å². The number of nitrogens with zero attached hydrogens (tertiary/aromatic N) is 9. The Labute approximate surface area is 352 Å². The Morgan fingerprint density at radius 1 is 0.967 bits per heavy atom. The van der Waals surface area contributed by atoms with Crippen LogP contribution in [0.2, 0.25) is 0 Å². The van der Waals surface area contributed by atoms with Gasteiger partial charge in [0.05, 0.1) is 18.5 Å². The van der Waals surface area contributed by atoms with Crippen molar-refractivity contribution < 1.29 is 57.2 Å². The summed E-state index contributed by atoms with van der Waals surface area (Å²) < 4.78 is 34.7.